The maximum atomic E-state index is 3.54. The van der Waals surface area contributed by atoms with E-state index in [1.807, 2.05) is 0 Å². The van der Waals surface area contributed by atoms with E-state index in [1.165, 1.54) is 11.3 Å². The van der Waals surface area contributed by atoms with Gasteiger partial charge >= 0.3 is 0 Å². The maximum Gasteiger partial charge on any atom is 0.0409 e. The van der Waals surface area contributed by atoms with Crippen molar-refractivity contribution < 1.29 is 0 Å². The molecule has 0 fully saturated rings. The van der Waals surface area contributed by atoms with Gasteiger partial charge in [-0.05, 0) is 51.5 Å². The molecule has 0 amide bonds. The summed E-state index contributed by atoms with van der Waals surface area (Å²) in [7, 11) is 2.13. The number of halogens is 1. The van der Waals surface area contributed by atoms with Gasteiger partial charge in [0.2, 0.25) is 0 Å². The van der Waals surface area contributed by atoms with Crippen LogP contribution in [0.4, 0.5) is 5.69 Å². The molecule has 0 radical (unpaired) electrons. The van der Waals surface area contributed by atoms with Crippen molar-refractivity contribution in [1.29, 1.82) is 0 Å². The maximum absolute atomic E-state index is 3.54. The fraction of sp³-hybridized carbons (Fsp3) is 0.571. The minimum absolute atomic E-state index is 0.143. The lowest BCUT2D eigenvalue weighted by molar-refractivity contribution is 0.424. The molecule has 2 nitrogen and oxygen atoms in total. The van der Waals surface area contributed by atoms with Crippen molar-refractivity contribution in [2.45, 2.75) is 39.8 Å². The van der Waals surface area contributed by atoms with Gasteiger partial charge in [0.05, 0.1) is 0 Å². The SMILES string of the molecule is CCN(C)c1ccc(Br)cc1CNC(C)(C)C. The van der Waals surface area contributed by atoms with Crippen LogP contribution in [0.3, 0.4) is 0 Å². The smallest absolute Gasteiger partial charge is 0.0409 e. The summed E-state index contributed by atoms with van der Waals surface area (Å²) < 4.78 is 1.14. The highest BCUT2D eigenvalue weighted by Gasteiger charge is 2.12. The highest BCUT2D eigenvalue weighted by molar-refractivity contribution is 9.10. The summed E-state index contributed by atoms with van der Waals surface area (Å²) in [6.45, 7) is 10.6. The van der Waals surface area contributed by atoms with Gasteiger partial charge in [-0.2, -0.15) is 0 Å². The molecule has 0 saturated carbocycles. The van der Waals surface area contributed by atoms with Crippen LogP contribution in [0.25, 0.3) is 0 Å². The summed E-state index contributed by atoms with van der Waals surface area (Å²) in [5, 5.41) is 3.54. The molecule has 17 heavy (non-hydrogen) atoms. The van der Waals surface area contributed by atoms with Crippen LogP contribution in [0.1, 0.15) is 33.3 Å². The minimum Gasteiger partial charge on any atom is -0.375 e. The van der Waals surface area contributed by atoms with E-state index in [1.54, 1.807) is 0 Å². The number of rotatable bonds is 4. The Morgan fingerprint density at radius 3 is 2.47 bits per heavy atom. The average Bonchev–Trinajstić information content (AvgIpc) is 2.24. The molecule has 0 aliphatic rings. The van der Waals surface area contributed by atoms with E-state index in [0.29, 0.717) is 0 Å². The largest absolute Gasteiger partial charge is 0.375 e. The average molecular weight is 299 g/mol. The van der Waals surface area contributed by atoms with Crippen molar-refractivity contribution in [2.24, 2.45) is 0 Å². The van der Waals surface area contributed by atoms with Crippen molar-refractivity contribution >= 4 is 21.6 Å². The molecule has 0 saturated heterocycles. The first-order valence-electron chi connectivity index (χ1n) is 6.08. The summed E-state index contributed by atoms with van der Waals surface area (Å²) in [6.07, 6.45) is 0. The molecule has 1 aromatic carbocycles. The van der Waals surface area contributed by atoms with Crippen LogP contribution in [-0.2, 0) is 6.54 Å². The second-order valence-corrected chi connectivity index (χ2v) is 6.31. The lowest BCUT2D eigenvalue weighted by Crippen LogP contribution is -2.35. The molecule has 0 unspecified atom stereocenters. The third-order valence-electron chi connectivity index (χ3n) is 2.74. The molecular formula is C14H23BrN2. The number of hydrogen-bond acceptors (Lipinski definition) is 2. The highest BCUT2D eigenvalue weighted by atomic mass is 79.9. The molecule has 3 heteroatoms. The van der Waals surface area contributed by atoms with E-state index in [4.69, 9.17) is 0 Å². The Morgan fingerprint density at radius 1 is 1.29 bits per heavy atom. The zero-order chi connectivity index (χ0) is 13.1. The Balaban J connectivity index is 2.91. The predicted octanol–water partition coefficient (Wildman–Crippen LogP) is 3.79. The second kappa shape index (κ2) is 5.87. The van der Waals surface area contributed by atoms with Crippen molar-refractivity contribution in [1.82, 2.24) is 5.32 Å². The molecule has 1 N–H and O–H groups in total. The first-order valence-corrected chi connectivity index (χ1v) is 6.87. The fourth-order valence-electron chi connectivity index (χ4n) is 1.60. The monoisotopic (exact) mass is 298 g/mol. The van der Waals surface area contributed by atoms with E-state index in [2.05, 4.69) is 79.1 Å². The Kier molecular flexibility index (Phi) is 5.02. The summed E-state index contributed by atoms with van der Waals surface area (Å²) >= 11 is 3.54. The second-order valence-electron chi connectivity index (χ2n) is 5.39. The van der Waals surface area contributed by atoms with E-state index < -0.39 is 0 Å². The van der Waals surface area contributed by atoms with Gasteiger partial charge in [-0.1, -0.05) is 15.9 Å². The normalized spacial score (nSPS) is 11.6. The number of benzene rings is 1. The molecule has 1 aromatic rings. The van der Waals surface area contributed by atoms with Crippen molar-refractivity contribution in [2.75, 3.05) is 18.5 Å². The van der Waals surface area contributed by atoms with Gasteiger partial charge in [0.15, 0.2) is 0 Å². The van der Waals surface area contributed by atoms with Crippen LogP contribution in [0.2, 0.25) is 0 Å². The lowest BCUT2D eigenvalue weighted by atomic mass is 10.1. The first-order chi connectivity index (χ1) is 7.83. The lowest BCUT2D eigenvalue weighted by Gasteiger charge is -2.25. The fourth-order valence-corrected chi connectivity index (χ4v) is 2.01. The third-order valence-corrected chi connectivity index (χ3v) is 3.23. The van der Waals surface area contributed by atoms with Crippen molar-refractivity contribution in [3.8, 4) is 0 Å². The molecule has 1 rings (SSSR count). The van der Waals surface area contributed by atoms with Crippen LogP contribution >= 0.6 is 15.9 Å². The van der Waals surface area contributed by atoms with Crippen LogP contribution in [0.15, 0.2) is 22.7 Å². The number of nitrogens with one attached hydrogen (secondary N) is 1. The zero-order valence-corrected chi connectivity index (χ0v) is 13.1. The van der Waals surface area contributed by atoms with E-state index in [0.717, 1.165) is 17.6 Å². The predicted molar refractivity (Wildman–Crippen MR) is 79.7 cm³/mol. The van der Waals surface area contributed by atoms with Crippen molar-refractivity contribution in [3.63, 3.8) is 0 Å². The molecule has 0 bridgehead atoms. The van der Waals surface area contributed by atoms with E-state index in [-0.39, 0.29) is 5.54 Å². The minimum atomic E-state index is 0.143. The third kappa shape index (κ3) is 4.68. The topological polar surface area (TPSA) is 15.3 Å². The van der Waals surface area contributed by atoms with Crippen LogP contribution in [0.5, 0.6) is 0 Å². The molecule has 0 heterocycles. The van der Waals surface area contributed by atoms with Gasteiger partial charge in [0.1, 0.15) is 0 Å². The molecule has 0 aromatic heterocycles. The molecule has 0 spiro atoms. The summed E-state index contributed by atoms with van der Waals surface area (Å²) in [5.74, 6) is 0. The Labute approximate surface area is 114 Å². The standard InChI is InChI=1S/C14H23BrN2/c1-6-17(5)13-8-7-12(15)9-11(13)10-16-14(2,3)4/h7-9,16H,6,10H2,1-5H3. The Morgan fingerprint density at radius 2 is 1.94 bits per heavy atom. The molecule has 0 aliphatic carbocycles. The highest BCUT2D eigenvalue weighted by Crippen LogP contribution is 2.24. The Hall–Kier alpha value is -0.540. The van der Waals surface area contributed by atoms with Gasteiger partial charge in [0, 0.05) is 35.8 Å². The quantitative estimate of drug-likeness (QED) is 0.910. The molecule has 0 atom stereocenters. The van der Waals surface area contributed by atoms with Gasteiger partial charge in [0.25, 0.3) is 0 Å². The number of hydrogen-bond donors (Lipinski definition) is 1. The molecule has 0 aliphatic heterocycles. The van der Waals surface area contributed by atoms with E-state index >= 15 is 0 Å². The number of nitrogens with zero attached hydrogens (tertiary/aromatic N) is 1. The summed E-state index contributed by atoms with van der Waals surface area (Å²) in [5.41, 5.74) is 2.77. The molecule has 96 valence electrons. The Bertz CT molecular complexity index is 369. The van der Waals surface area contributed by atoms with Crippen LogP contribution in [0, 0.1) is 0 Å². The summed E-state index contributed by atoms with van der Waals surface area (Å²) in [4.78, 5) is 2.27. The van der Waals surface area contributed by atoms with Gasteiger partial charge in [-0.25, -0.2) is 0 Å². The van der Waals surface area contributed by atoms with Crippen LogP contribution in [-0.4, -0.2) is 19.1 Å². The van der Waals surface area contributed by atoms with Gasteiger partial charge in [-0.3, -0.25) is 0 Å². The first kappa shape index (κ1) is 14.5. The summed E-state index contributed by atoms with van der Waals surface area (Å²) in [6, 6.07) is 6.47. The zero-order valence-electron chi connectivity index (χ0n) is 11.5. The van der Waals surface area contributed by atoms with Gasteiger partial charge < -0.3 is 10.2 Å². The molecular weight excluding hydrogens is 276 g/mol. The van der Waals surface area contributed by atoms with E-state index in [9.17, 15) is 0 Å². The van der Waals surface area contributed by atoms with Gasteiger partial charge in [-0.15, -0.1) is 0 Å². The van der Waals surface area contributed by atoms with Crippen molar-refractivity contribution in [3.05, 3.63) is 28.2 Å². The number of anilines is 1. The van der Waals surface area contributed by atoms with Crippen LogP contribution < -0.4 is 10.2 Å².